The summed E-state index contributed by atoms with van der Waals surface area (Å²) in [6, 6.07) is 16.4. The number of rotatable bonds is 5. The van der Waals surface area contributed by atoms with E-state index in [1.807, 2.05) is 61.9 Å². The number of aromatic nitrogens is 2. The molecule has 1 atom stereocenters. The van der Waals surface area contributed by atoms with Gasteiger partial charge in [-0.3, -0.25) is 9.58 Å². The number of hydrogen-bond acceptors (Lipinski definition) is 5. The molecule has 0 saturated carbocycles. The molecule has 1 aliphatic heterocycles. The zero-order valence-corrected chi connectivity index (χ0v) is 18.1. The lowest BCUT2D eigenvalue weighted by molar-refractivity contribution is 0.0600. The minimum absolute atomic E-state index is 0.212. The van der Waals surface area contributed by atoms with Crippen LogP contribution >= 0.6 is 0 Å². The van der Waals surface area contributed by atoms with Crippen LogP contribution in [-0.4, -0.2) is 40.4 Å². The van der Waals surface area contributed by atoms with Crippen molar-refractivity contribution >= 4 is 17.6 Å². The highest BCUT2D eigenvalue weighted by Gasteiger charge is 2.29. The van der Waals surface area contributed by atoms with Crippen LogP contribution in [0.5, 0.6) is 0 Å². The molecule has 0 aliphatic carbocycles. The molecule has 7 nitrogen and oxygen atoms in total. The molecule has 2 aromatic carbocycles. The molecule has 1 aliphatic rings. The Morgan fingerprint density at radius 1 is 1.09 bits per heavy atom. The van der Waals surface area contributed by atoms with Crippen molar-refractivity contribution in [2.45, 2.75) is 19.1 Å². The molecule has 0 radical (unpaired) electrons. The topological polar surface area (TPSA) is 73.7 Å². The fourth-order valence-electron chi connectivity index (χ4n) is 3.79. The van der Waals surface area contributed by atoms with E-state index >= 15 is 0 Å². The monoisotopic (exact) mass is 431 g/mol. The first kappa shape index (κ1) is 21.4. The van der Waals surface area contributed by atoms with Crippen LogP contribution < -0.4 is 0 Å². The van der Waals surface area contributed by atoms with Gasteiger partial charge in [-0.2, -0.15) is 5.10 Å². The van der Waals surface area contributed by atoms with Crippen molar-refractivity contribution in [3.8, 4) is 0 Å². The third-order valence-electron chi connectivity index (χ3n) is 5.51. The molecule has 0 fully saturated rings. The second-order valence-electron chi connectivity index (χ2n) is 7.64. The van der Waals surface area contributed by atoms with E-state index in [4.69, 9.17) is 9.47 Å². The number of nitrogens with zero attached hydrogens (tertiary/aromatic N) is 3. The van der Waals surface area contributed by atoms with E-state index in [0.717, 1.165) is 22.3 Å². The van der Waals surface area contributed by atoms with Crippen molar-refractivity contribution in [3.63, 3.8) is 0 Å². The molecule has 32 heavy (non-hydrogen) atoms. The maximum atomic E-state index is 13.0. The minimum atomic E-state index is -0.397. The van der Waals surface area contributed by atoms with Gasteiger partial charge in [-0.25, -0.2) is 9.59 Å². The van der Waals surface area contributed by atoms with Crippen LogP contribution in [0.2, 0.25) is 0 Å². The highest BCUT2D eigenvalue weighted by Crippen LogP contribution is 2.34. The Bertz CT molecular complexity index is 1120. The van der Waals surface area contributed by atoms with Gasteiger partial charge in [0.15, 0.2) is 0 Å². The van der Waals surface area contributed by atoms with Gasteiger partial charge in [0, 0.05) is 25.4 Å². The molecule has 1 aromatic heterocycles. The molecular weight excluding hydrogens is 406 g/mol. The van der Waals surface area contributed by atoms with E-state index < -0.39 is 5.97 Å². The molecule has 4 rings (SSSR count). The summed E-state index contributed by atoms with van der Waals surface area (Å²) in [5, 5.41) is 4.27. The Balaban J connectivity index is 1.60. The zero-order valence-electron chi connectivity index (χ0n) is 18.1. The molecule has 2 heterocycles. The zero-order chi connectivity index (χ0) is 22.5. The Hall–Kier alpha value is -3.87. The predicted octanol–water partition coefficient (Wildman–Crippen LogP) is 4.37. The van der Waals surface area contributed by atoms with Crippen LogP contribution in [0.25, 0.3) is 5.57 Å². The van der Waals surface area contributed by atoms with Gasteiger partial charge < -0.3 is 9.47 Å². The Kier molecular flexibility index (Phi) is 6.35. The fraction of sp³-hybridized carbons (Fsp3) is 0.240. The number of carbonyl (C=O) groups is 2. The van der Waals surface area contributed by atoms with Gasteiger partial charge in [0.05, 0.1) is 24.9 Å². The third kappa shape index (κ3) is 4.72. The van der Waals surface area contributed by atoms with Gasteiger partial charge in [0.2, 0.25) is 0 Å². The first-order valence-corrected chi connectivity index (χ1v) is 10.4. The SMILES string of the molecule is COC(=O)c1ccc(C2C=C(c3cnn(C)c3)CCN2C(=O)OCc2ccccc2)cc1. The summed E-state index contributed by atoms with van der Waals surface area (Å²) in [6.45, 7) is 0.723. The van der Waals surface area contributed by atoms with Crippen LogP contribution in [0.4, 0.5) is 4.79 Å². The quantitative estimate of drug-likeness (QED) is 0.561. The second-order valence-corrected chi connectivity index (χ2v) is 7.64. The molecule has 1 amide bonds. The standard InChI is InChI=1S/C25H25N3O4/c1-27-16-22(15-26-27)21-12-13-28(25(30)32-17-18-6-4-3-5-7-18)23(14-21)19-8-10-20(11-9-19)24(29)31-2/h3-11,14-16,23H,12-13,17H2,1-2H3. The van der Waals surface area contributed by atoms with Gasteiger partial charge >= 0.3 is 12.1 Å². The maximum Gasteiger partial charge on any atom is 0.410 e. The van der Waals surface area contributed by atoms with Crippen molar-refractivity contribution in [3.05, 3.63) is 95.3 Å². The predicted molar refractivity (Wildman–Crippen MR) is 120 cm³/mol. The molecule has 7 heteroatoms. The Labute approximate surface area is 186 Å². The fourth-order valence-corrected chi connectivity index (χ4v) is 3.79. The molecule has 0 bridgehead atoms. The Morgan fingerprint density at radius 2 is 1.84 bits per heavy atom. The van der Waals surface area contributed by atoms with Gasteiger partial charge in [-0.1, -0.05) is 48.5 Å². The van der Waals surface area contributed by atoms with E-state index in [2.05, 4.69) is 11.2 Å². The lowest BCUT2D eigenvalue weighted by atomic mass is 9.93. The van der Waals surface area contributed by atoms with Crippen molar-refractivity contribution in [1.82, 2.24) is 14.7 Å². The number of amides is 1. The lowest BCUT2D eigenvalue weighted by Gasteiger charge is -2.34. The average Bonchev–Trinajstić information content (AvgIpc) is 3.28. The van der Waals surface area contributed by atoms with E-state index in [1.165, 1.54) is 7.11 Å². The number of carbonyl (C=O) groups excluding carboxylic acids is 2. The van der Waals surface area contributed by atoms with Crippen molar-refractivity contribution in [2.24, 2.45) is 7.05 Å². The average molecular weight is 431 g/mol. The van der Waals surface area contributed by atoms with Crippen LogP contribution in [0.3, 0.4) is 0 Å². The normalized spacial score (nSPS) is 15.8. The third-order valence-corrected chi connectivity index (χ3v) is 5.51. The summed E-state index contributed by atoms with van der Waals surface area (Å²) in [5.74, 6) is -0.397. The van der Waals surface area contributed by atoms with Crippen LogP contribution in [0.15, 0.2) is 73.1 Å². The number of hydrogen-bond donors (Lipinski definition) is 0. The molecule has 0 spiro atoms. The van der Waals surface area contributed by atoms with Gasteiger partial charge in [-0.05, 0) is 35.3 Å². The highest BCUT2D eigenvalue weighted by molar-refractivity contribution is 5.89. The second kappa shape index (κ2) is 9.51. The van der Waals surface area contributed by atoms with E-state index in [9.17, 15) is 9.59 Å². The summed E-state index contributed by atoms with van der Waals surface area (Å²) in [6.07, 6.45) is 6.18. The first-order chi connectivity index (χ1) is 15.5. The number of aryl methyl sites for hydroxylation is 1. The van der Waals surface area contributed by atoms with Crippen LogP contribution in [0, 0.1) is 0 Å². The molecule has 164 valence electrons. The lowest BCUT2D eigenvalue weighted by Crippen LogP contribution is -2.37. The van der Waals surface area contributed by atoms with E-state index in [1.54, 1.807) is 21.7 Å². The molecular formula is C25H25N3O4. The summed E-state index contributed by atoms with van der Waals surface area (Å²) in [4.78, 5) is 26.5. The number of ether oxygens (including phenoxy) is 2. The van der Waals surface area contributed by atoms with Crippen molar-refractivity contribution in [1.29, 1.82) is 0 Å². The van der Waals surface area contributed by atoms with Crippen LogP contribution in [-0.2, 0) is 23.1 Å². The van der Waals surface area contributed by atoms with E-state index in [-0.39, 0.29) is 18.7 Å². The number of esters is 1. The number of methoxy groups -OCH3 is 1. The summed E-state index contributed by atoms with van der Waals surface area (Å²) in [5.41, 5.74) is 4.42. The van der Waals surface area contributed by atoms with Crippen molar-refractivity contribution < 1.29 is 19.1 Å². The largest absolute Gasteiger partial charge is 0.465 e. The van der Waals surface area contributed by atoms with Crippen LogP contribution in [0.1, 0.15) is 39.5 Å². The first-order valence-electron chi connectivity index (χ1n) is 10.4. The smallest absolute Gasteiger partial charge is 0.410 e. The molecule has 0 N–H and O–H groups in total. The molecule has 1 unspecified atom stereocenters. The molecule has 3 aromatic rings. The van der Waals surface area contributed by atoms with Gasteiger partial charge in [-0.15, -0.1) is 0 Å². The molecule has 0 saturated heterocycles. The minimum Gasteiger partial charge on any atom is -0.465 e. The van der Waals surface area contributed by atoms with E-state index in [0.29, 0.717) is 18.5 Å². The summed E-state index contributed by atoms with van der Waals surface area (Å²) >= 11 is 0. The number of benzene rings is 2. The van der Waals surface area contributed by atoms with Gasteiger partial charge in [0.25, 0.3) is 0 Å². The summed E-state index contributed by atoms with van der Waals surface area (Å²) in [7, 11) is 3.23. The summed E-state index contributed by atoms with van der Waals surface area (Å²) < 4.78 is 12.2. The highest BCUT2D eigenvalue weighted by atomic mass is 16.6. The maximum absolute atomic E-state index is 13.0. The Morgan fingerprint density at radius 3 is 2.50 bits per heavy atom. The van der Waals surface area contributed by atoms with Crippen molar-refractivity contribution in [2.75, 3.05) is 13.7 Å². The van der Waals surface area contributed by atoms with Gasteiger partial charge in [0.1, 0.15) is 6.61 Å².